The summed E-state index contributed by atoms with van der Waals surface area (Å²) in [4.78, 5) is 6.90. The Morgan fingerprint density at radius 2 is 1.79 bits per heavy atom. The first-order valence-electron chi connectivity index (χ1n) is 9.75. The van der Waals surface area contributed by atoms with Gasteiger partial charge in [0, 0.05) is 18.8 Å². The number of hydrogen-bond acceptors (Lipinski definition) is 6. The molecule has 144 valence electrons. The molecule has 6 heteroatoms. The van der Waals surface area contributed by atoms with Crippen LogP contribution in [0.1, 0.15) is 25.3 Å². The summed E-state index contributed by atoms with van der Waals surface area (Å²) in [7, 11) is 0. The molecule has 2 aromatic carbocycles. The van der Waals surface area contributed by atoms with Crippen LogP contribution in [0.3, 0.4) is 0 Å². The molecule has 1 saturated heterocycles. The summed E-state index contributed by atoms with van der Waals surface area (Å²) in [6, 6.07) is 17.9. The Labute approximate surface area is 165 Å². The second kappa shape index (κ2) is 8.69. The van der Waals surface area contributed by atoms with Crippen molar-refractivity contribution in [3.8, 4) is 5.75 Å². The Kier molecular flexibility index (Phi) is 5.66. The van der Waals surface area contributed by atoms with E-state index >= 15 is 0 Å². The zero-order valence-corrected chi connectivity index (χ0v) is 16.1. The molecule has 0 radical (unpaired) electrons. The van der Waals surface area contributed by atoms with Crippen LogP contribution in [-0.2, 0) is 6.61 Å². The molecular formula is C22H25N5O. The molecule has 0 unspecified atom stereocenters. The Morgan fingerprint density at radius 1 is 1.04 bits per heavy atom. The lowest BCUT2D eigenvalue weighted by atomic mass is 9.99. The average molecular weight is 375 g/mol. The molecule has 0 amide bonds. The molecular weight excluding hydrogens is 350 g/mol. The standard InChI is InChI=1S/C22H25N5O/c1-17-11-13-27(14-12-17)21-15-23-26-22(25-21)24-19-7-9-20(10-8-19)28-16-18-5-3-2-4-6-18/h2-10,15,17H,11-14,16H2,1H3,(H,24,25,26). The van der Waals surface area contributed by atoms with Crippen molar-refractivity contribution in [1.29, 1.82) is 0 Å². The van der Waals surface area contributed by atoms with Gasteiger partial charge in [-0.15, -0.1) is 5.10 Å². The van der Waals surface area contributed by atoms with E-state index in [0.717, 1.165) is 41.8 Å². The van der Waals surface area contributed by atoms with Gasteiger partial charge in [-0.1, -0.05) is 37.3 Å². The number of ether oxygens (including phenoxy) is 1. The van der Waals surface area contributed by atoms with E-state index in [-0.39, 0.29) is 0 Å². The molecule has 1 aliphatic rings. The van der Waals surface area contributed by atoms with Gasteiger partial charge in [0.25, 0.3) is 0 Å². The second-order valence-electron chi connectivity index (χ2n) is 7.23. The minimum absolute atomic E-state index is 0.508. The second-order valence-corrected chi connectivity index (χ2v) is 7.23. The van der Waals surface area contributed by atoms with Gasteiger partial charge in [0.15, 0.2) is 5.82 Å². The maximum Gasteiger partial charge on any atom is 0.249 e. The molecule has 0 bridgehead atoms. The molecule has 2 heterocycles. The third-order valence-corrected chi connectivity index (χ3v) is 5.01. The summed E-state index contributed by atoms with van der Waals surface area (Å²) in [6.45, 7) is 4.90. The number of nitrogens with zero attached hydrogens (tertiary/aromatic N) is 4. The summed E-state index contributed by atoms with van der Waals surface area (Å²) in [5.41, 5.74) is 2.05. The average Bonchev–Trinajstić information content (AvgIpc) is 2.75. The normalized spacial score (nSPS) is 14.7. The van der Waals surface area contributed by atoms with Crippen LogP contribution in [-0.4, -0.2) is 28.3 Å². The topological polar surface area (TPSA) is 63.2 Å². The first kappa shape index (κ1) is 18.2. The predicted octanol–water partition coefficient (Wildman–Crippen LogP) is 4.43. The van der Waals surface area contributed by atoms with Crippen molar-refractivity contribution in [3.05, 3.63) is 66.4 Å². The van der Waals surface area contributed by atoms with Crippen LogP contribution in [0, 0.1) is 5.92 Å². The molecule has 4 rings (SSSR count). The third kappa shape index (κ3) is 4.76. The fourth-order valence-electron chi connectivity index (χ4n) is 3.24. The third-order valence-electron chi connectivity index (χ3n) is 5.01. The Morgan fingerprint density at radius 3 is 2.54 bits per heavy atom. The molecule has 28 heavy (non-hydrogen) atoms. The van der Waals surface area contributed by atoms with Crippen molar-refractivity contribution in [2.75, 3.05) is 23.3 Å². The summed E-state index contributed by atoms with van der Waals surface area (Å²) >= 11 is 0. The highest BCUT2D eigenvalue weighted by Crippen LogP contribution is 2.23. The Balaban J connectivity index is 1.36. The van der Waals surface area contributed by atoms with E-state index in [2.05, 4.69) is 44.5 Å². The van der Waals surface area contributed by atoms with E-state index in [0.29, 0.717) is 12.6 Å². The Hall–Kier alpha value is -3.15. The summed E-state index contributed by atoms with van der Waals surface area (Å²) in [6.07, 6.45) is 4.12. The van der Waals surface area contributed by atoms with Crippen LogP contribution >= 0.6 is 0 Å². The van der Waals surface area contributed by atoms with Gasteiger partial charge in [0.1, 0.15) is 12.4 Å². The lowest BCUT2D eigenvalue weighted by molar-refractivity contribution is 0.306. The summed E-state index contributed by atoms with van der Waals surface area (Å²) in [5.74, 6) is 3.00. The monoisotopic (exact) mass is 375 g/mol. The lowest BCUT2D eigenvalue weighted by Crippen LogP contribution is -2.33. The highest BCUT2D eigenvalue weighted by Gasteiger charge is 2.17. The van der Waals surface area contributed by atoms with Gasteiger partial charge in [-0.2, -0.15) is 10.1 Å². The van der Waals surface area contributed by atoms with Crippen LogP contribution in [0.4, 0.5) is 17.5 Å². The zero-order chi connectivity index (χ0) is 19.2. The molecule has 3 aromatic rings. The molecule has 0 saturated carbocycles. The molecule has 1 aromatic heterocycles. The minimum Gasteiger partial charge on any atom is -0.489 e. The lowest BCUT2D eigenvalue weighted by Gasteiger charge is -2.30. The van der Waals surface area contributed by atoms with Crippen LogP contribution < -0.4 is 15.0 Å². The summed E-state index contributed by atoms with van der Waals surface area (Å²) < 4.78 is 5.83. The first-order chi connectivity index (χ1) is 13.8. The number of piperidine rings is 1. The van der Waals surface area contributed by atoms with Gasteiger partial charge in [-0.25, -0.2) is 0 Å². The van der Waals surface area contributed by atoms with Gasteiger partial charge in [0.2, 0.25) is 5.95 Å². The van der Waals surface area contributed by atoms with E-state index < -0.39 is 0 Å². The molecule has 1 N–H and O–H groups in total. The quantitative estimate of drug-likeness (QED) is 0.688. The largest absolute Gasteiger partial charge is 0.489 e. The number of hydrogen-bond donors (Lipinski definition) is 1. The van der Waals surface area contributed by atoms with E-state index in [4.69, 9.17) is 4.74 Å². The van der Waals surface area contributed by atoms with E-state index in [9.17, 15) is 0 Å². The maximum atomic E-state index is 5.83. The van der Waals surface area contributed by atoms with Gasteiger partial charge in [-0.05, 0) is 48.6 Å². The number of benzene rings is 2. The SMILES string of the molecule is CC1CCN(c2cnnc(Nc3ccc(OCc4ccccc4)cc3)n2)CC1. The fraction of sp³-hybridized carbons (Fsp3) is 0.318. The highest BCUT2D eigenvalue weighted by atomic mass is 16.5. The molecule has 1 fully saturated rings. The van der Waals surface area contributed by atoms with Crippen LogP contribution in [0.25, 0.3) is 0 Å². The maximum absolute atomic E-state index is 5.83. The van der Waals surface area contributed by atoms with Crippen LogP contribution in [0.15, 0.2) is 60.8 Å². The van der Waals surface area contributed by atoms with Crippen molar-refractivity contribution >= 4 is 17.5 Å². The van der Waals surface area contributed by atoms with Crippen LogP contribution in [0.2, 0.25) is 0 Å². The number of rotatable bonds is 6. The van der Waals surface area contributed by atoms with E-state index in [1.54, 1.807) is 6.20 Å². The van der Waals surface area contributed by atoms with Crippen molar-refractivity contribution in [1.82, 2.24) is 15.2 Å². The number of aromatic nitrogens is 3. The van der Waals surface area contributed by atoms with Crippen molar-refractivity contribution < 1.29 is 4.74 Å². The van der Waals surface area contributed by atoms with Crippen molar-refractivity contribution in [2.24, 2.45) is 5.92 Å². The number of nitrogens with one attached hydrogen (secondary N) is 1. The molecule has 6 nitrogen and oxygen atoms in total. The zero-order valence-electron chi connectivity index (χ0n) is 16.1. The van der Waals surface area contributed by atoms with E-state index in [1.807, 2.05) is 42.5 Å². The number of anilines is 3. The van der Waals surface area contributed by atoms with Gasteiger partial charge >= 0.3 is 0 Å². The molecule has 0 spiro atoms. The molecule has 0 atom stereocenters. The predicted molar refractivity (Wildman–Crippen MR) is 111 cm³/mol. The van der Waals surface area contributed by atoms with Gasteiger partial charge in [-0.3, -0.25) is 0 Å². The Bertz CT molecular complexity index is 877. The highest BCUT2D eigenvalue weighted by molar-refractivity contribution is 5.55. The first-order valence-corrected chi connectivity index (χ1v) is 9.75. The smallest absolute Gasteiger partial charge is 0.249 e. The van der Waals surface area contributed by atoms with Gasteiger partial charge in [0.05, 0.1) is 6.20 Å². The fourth-order valence-corrected chi connectivity index (χ4v) is 3.24. The molecule has 0 aliphatic carbocycles. The minimum atomic E-state index is 0.508. The molecule has 1 aliphatic heterocycles. The van der Waals surface area contributed by atoms with Crippen molar-refractivity contribution in [3.63, 3.8) is 0 Å². The van der Waals surface area contributed by atoms with E-state index in [1.165, 1.54) is 12.8 Å². The summed E-state index contributed by atoms with van der Waals surface area (Å²) in [5, 5.41) is 11.5. The van der Waals surface area contributed by atoms with Gasteiger partial charge < -0.3 is 15.0 Å². The van der Waals surface area contributed by atoms with Crippen LogP contribution in [0.5, 0.6) is 5.75 Å². The van der Waals surface area contributed by atoms with Crippen molar-refractivity contribution in [2.45, 2.75) is 26.4 Å².